The van der Waals surface area contributed by atoms with Crippen LogP contribution >= 0.6 is 0 Å². The predicted molar refractivity (Wildman–Crippen MR) is 86.5 cm³/mol. The summed E-state index contributed by atoms with van der Waals surface area (Å²) in [4.78, 5) is 2.53. The molecule has 1 aromatic rings. The first-order valence-corrected chi connectivity index (χ1v) is 7.74. The third kappa shape index (κ3) is 2.70. The molecule has 0 saturated heterocycles. The van der Waals surface area contributed by atoms with Crippen LogP contribution in [0.3, 0.4) is 0 Å². The van der Waals surface area contributed by atoms with Crippen molar-refractivity contribution in [1.82, 2.24) is 10.2 Å². The molecular weight excluding hydrogens is 244 g/mol. The number of rotatable bonds is 4. The average molecular weight is 272 g/mol. The van der Waals surface area contributed by atoms with Gasteiger partial charge in [-0.15, -0.1) is 0 Å². The molecule has 2 nitrogen and oxygen atoms in total. The lowest BCUT2D eigenvalue weighted by Gasteiger charge is -2.31. The van der Waals surface area contributed by atoms with Gasteiger partial charge in [-0.3, -0.25) is 0 Å². The van der Waals surface area contributed by atoms with Crippen LogP contribution in [0.15, 0.2) is 23.5 Å². The highest BCUT2D eigenvalue weighted by Crippen LogP contribution is 2.34. The zero-order valence-corrected chi connectivity index (χ0v) is 13.8. The summed E-state index contributed by atoms with van der Waals surface area (Å²) in [6.07, 6.45) is 2.79. The molecule has 0 fully saturated rings. The minimum Gasteiger partial charge on any atom is -0.364 e. The fraction of sp³-hybridized carbons (Fsp3) is 0.556. The fourth-order valence-corrected chi connectivity index (χ4v) is 3.27. The van der Waals surface area contributed by atoms with Gasteiger partial charge in [0.1, 0.15) is 6.17 Å². The maximum absolute atomic E-state index is 3.69. The Balaban J connectivity index is 2.37. The summed E-state index contributed by atoms with van der Waals surface area (Å²) in [5, 5.41) is 3.69. The van der Waals surface area contributed by atoms with Gasteiger partial charge in [0.2, 0.25) is 0 Å². The number of aryl methyl sites for hydroxylation is 3. The molecule has 1 unspecified atom stereocenters. The van der Waals surface area contributed by atoms with E-state index in [0.717, 1.165) is 6.54 Å². The molecule has 2 heteroatoms. The molecule has 0 saturated carbocycles. The molecule has 0 radical (unpaired) electrons. The molecule has 1 aromatic carbocycles. The third-order valence-electron chi connectivity index (χ3n) is 4.40. The zero-order chi connectivity index (χ0) is 14.9. The van der Waals surface area contributed by atoms with Gasteiger partial charge < -0.3 is 10.2 Å². The molecule has 1 aliphatic heterocycles. The van der Waals surface area contributed by atoms with Gasteiger partial charge in [0.15, 0.2) is 0 Å². The Morgan fingerprint density at radius 2 is 1.65 bits per heavy atom. The Bertz CT molecular complexity index is 505. The van der Waals surface area contributed by atoms with E-state index < -0.39 is 0 Å². The molecule has 0 spiro atoms. The molecule has 110 valence electrons. The minimum absolute atomic E-state index is 0.308. The summed E-state index contributed by atoms with van der Waals surface area (Å²) in [7, 11) is 0. The summed E-state index contributed by atoms with van der Waals surface area (Å²) in [6.45, 7) is 14.5. The van der Waals surface area contributed by atoms with E-state index >= 15 is 0 Å². The summed E-state index contributed by atoms with van der Waals surface area (Å²) in [5.74, 6) is 0. The van der Waals surface area contributed by atoms with Crippen molar-refractivity contribution in [3.63, 3.8) is 0 Å². The molecule has 20 heavy (non-hydrogen) atoms. The van der Waals surface area contributed by atoms with Crippen LogP contribution in [0.4, 0.5) is 0 Å². The van der Waals surface area contributed by atoms with E-state index in [9.17, 15) is 0 Å². The Kier molecular flexibility index (Phi) is 4.42. The second kappa shape index (κ2) is 5.90. The molecule has 1 atom stereocenters. The SMILES string of the molecule is CCCCN1C(C)=C(C)NC1c1c(C)cc(C)cc1C. The number of unbranched alkanes of at least 4 members (excludes halogenated alkanes) is 1. The van der Waals surface area contributed by atoms with Crippen LogP contribution in [0.2, 0.25) is 0 Å². The number of hydrogen-bond donors (Lipinski definition) is 1. The van der Waals surface area contributed by atoms with Crippen LogP contribution in [-0.4, -0.2) is 11.4 Å². The van der Waals surface area contributed by atoms with Crippen LogP contribution in [0.25, 0.3) is 0 Å². The van der Waals surface area contributed by atoms with Crippen molar-refractivity contribution in [3.05, 3.63) is 45.8 Å². The molecule has 0 aliphatic carbocycles. The monoisotopic (exact) mass is 272 g/mol. The van der Waals surface area contributed by atoms with Crippen LogP contribution < -0.4 is 5.32 Å². The normalized spacial score (nSPS) is 18.7. The van der Waals surface area contributed by atoms with Crippen LogP contribution in [-0.2, 0) is 0 Å². The summed E-state index contributed by atoms with van der Waals surface area (Å²) in [5.41, 5.74) is 8.28. The van der Waals surface area contributed by atoms with Crippen LogP contribution in [0.1, 0.15) is 62.0 Å². The predicted octanol–water partition coefficient (Wildman–Crippen LogP) is 4.57. The van der Waals surface area contributed by atoms with Crippen molar-refractivity contribution in [2.45, 2.75) is 60.5 Å². The van der Waals surface area contributed by atoms with Crippen LogP contribution in [0, 0.1) is 20.8 Å². The Morgan fingerprint density at radius 3 is 2.20 bits per heavy atom. The maximum Gasteiger partial charge on any atom is 0.126 e. The lowest BCUT2D eigenvalue weighted by molar-refractivity contribution is 0.257. The van der Waals surface area contributed by atoms with Crippen molar-refractivity contribution in [2.75, 3.05) is 6.54 Å². The molecule has 2 rings (SSSR count). The van der Waals surface area contributed by atoms with Crippen molar-refractivity contribution in [2.24, 2.45) is 0 Å². The van der Waals surface area contributed by atoms with Crippen molar-refractivity contribution in [3.8, 4) is 0 Å². The Labute approximate surface area is 123 Å². The van der Waals surface area contributed by atoms with Gasteiger partial charge in [-0.25, -0.2) is 0 Å². The smallest absolute Gasteiger partial charge is 0.126 e. The third-order valence-corrected chi connectivity index (χ3v) is 4.40. The first kappa shape index (κ1) is 15.0. The second-order valence-electron chi connectivity index (χ2n) is 6.12. The summed E-state index contributed by atoms with van der Waals surface area (Å²) >= 11 is 0. The number of hydrogen-bond acceptors (Lipinski definition) is 2. The first-order valence-electron chi connectivity index (χ1n) is 7.74. The highest BCUT2D eigenvalue weighted by atomic mass is 15.3. The molecular formula is C18H28N2. The molecule has 1 heterocycles. The van der Waals surface area contributed by atoms with E-state index in [1.807, 2.05) is 0 Å². The van der Waals surface area contributed by atoms with E-state index in [-0.39, 0.29) is 0 Å². The van der Waals surface area contributed by atoms with Gasteiger partial charge in [0.05, 0.1) is 0 Å². The van der Waals surface area contributed by atoms with Crippen molar-refractivity contribution >= 4 is 0 Å². The molecule has 0 bridgehead atoms. The standard InChI is InChI=1S/C18H28N2/c1-7-8-9-20-16(6)15(5)19-18(20)17-13(3)10-12(2)11-14(17)4/h10-11,18-19H,7-9H2,1-6H3. The van der Waals surface area contributed by atoms with E-state index in [2.05, 4.69) is 63.9 Å². The minimum atomic E-state index is 0.308. The van der Waals surface area contributed by atoms with Crippen LogP contribution in [0.5, 0.6) is 0 Å². The maximum atomic E-state index is 3.69. The van der Waals surface area contributed by atoms with E-state index in [0.29, 0.717) is 6.17 Å². The van der Waals surface area contributed by atoms with E-state index in [1.54, 1.807) is 0 Å². The van der Waals surface area contributed by atoms with Gasteiger partial charge in [-0.1, -0.05) is 31.0 Å². The second-order valence-corrected chi connectivity index (χ2v) is 6.12. The summed E-state index contributed by atoms with van der Waals surface area (Å²) in [6, 6.07) is 4.59. The number of benzene rings is 1. The fourth-order valence-electron chi connectivity index (χ4n) is 3.27. The first-order chi connectivity index (χ1) is 9.45. The van der Waals surface area contributed by atoms with E-state index in [4.69, 9.17) is 0 Å². The van der Waals surface area contributed by atoms with Crippen molar-refractivity contribution in [1.29, 1.82) is 0 Å². The largest absolute Gasteiger partial charge is 0.364 e. The van der Waals surface area contributed by atoms with E-state index in [1.165, 1.54) is 46.5 Å². The molecule has 0 amide bonds. The number of nitrogens with one attached hydrogen (secondary N) is 1. The van der Waals surface area contributed by atoms with Crippen molar-refractivity contribution < 1.29 is 0 Å². The summed E-state index contributed by atoms with van der Waals surface area (Å²) < 4.78 is 0. The average Bonchev–Trinajstić information content (AvgIpc) is 2.62. The van der Waals surface area contributed by atoms with Gasteiger partial charge in [0, 0.05) is 23.5 Å². The lowest BCUT2D eigenvalue weighted by atomic mass is 9.97. The lowest BCUT2D eigenvalue weighted by Crippen LogP contribution is -2.31. The number of nitrogens with zero attached hydrogens (tertiary/aromatic N) is 1. The van der Waals surface area contributed by atoms with Gasteiger partial charge in [0.25, 0.3) is 0 Å². The highest BCUT2D eigenvalue weighted by molar-refractivity contribution is 5.41. The van der Waals surface area contributed by atoms with Gasteiger partial charge in [-0.2, -0.15) is 0 Å². The topological polar surface area (TPSA) is 15.3 Å². The quantitative estimate of drug-likeness (QED) is 0.864. The zero-order valence-electron chi connectivity index (χ0n) is 13.8. The Morgan fingerprint density at radius 1 is 1.05 bits per heavy atom. The Hall–Kier alpha value is -1.44. The van der Waals surface area contributed by atoms with Gasteiger partial charge in [-0.05, 0) is 52.2 Å². The molecule has 1 N–H and O–H groups in total. The highest BCUT2D eigenvalue weighted by Gasteiger charge is 2.29. The molecule has 0 aromatic heterocycles. The molecule has 1 aliphatic rings. The van der Waals surface area contributed by atoms with Gasteiger partial charge >= 0.3 is 0 Å². The number of allylic oxidation sites excluding steroid dienone is 2.